The van der Waals surface area contributed by atoms with Crippen molar-refractivity contribution in [2.75, 3.05) is 26.2 Å². The highest BCUT2D eigenvalue weighted by molar-refractivity contribution is 7.13. The quantitative estimate of drug-likeness (QED) is 0.835. The van der Waals surface area contributed by atoms with Crippen LogP contribution in [0.3, 0.4) is 0 Å². The zero-order valence-electron chi connectivity index (χ0n) is 13.4. The first kappa shape index (κ1) is 15.6. The van der Waals surface area contributed by atoms with Crippen molar-refractivity contribution in [2.24, 2.45) is 0 Å². The number of rotatable bonds is 3. The SMILES string of the molecule is O=C(Cn1nc(-c2cccs2)oc1=O)N1CCN2CCCCC2C1. The molecule has 0 radical (unpaired) electrons. The van der Waals surface area contributed by atoms with E-state index < -0.39 is 5.76 Å². The first-order chi connectivity index (χ1) is 11.7. The first-order valence-electron chi connectivity index (χ1n) is 8.34. The molecule has 2 fully saturated rings. The van der Waals surface area contributed by atoms with Crippen molar-refractivity contribution >= 4 is 17.2 Å². The van der Waals surface area contributed by atoms with Crippen LogP contribution in [0.15, 0.2) is 26.7 Å². The number of fused-ring (bicyclic) bond motifs is 1. The lowest BCUT2D eigenvalue weighted by Crippen LogP contribution is -2.56. The van der Waals surface area contributed by atoms with Crippen molar-refractivity contribution in [3.63, 3.8) is 0 Å². The van der Waals surface area contributed by atoms with Gasteiger partial charge in [0.15, 0.2) is 0 Å². The average molecular weight is 348 g/mol. The maximum Gasteiger partial charge on any atom is 0.437 e. The fourth-order valence-corrected chi connectivity index (χ4v) is 4.16. The molecule has 4 rings (SSSR count). The average Bonchev–Trinajstić information content (AvgIpc) is 3.25. The monoisotopic (exact) mass is 348 g/mol. The molecule has 7 nitrogen and oxygen atoms in total. The number of aromatic nitrogens is 2. The minimum Gasteiger partial charge on any atom is -0.387 e. The number of thiophene rings is 1. The summed E-state index contributed by atoms with van der Waals surface area (Å²) < 4.78 is 6.29. The number of amides is 1. The van der Waals surface area contributed by atoms with E-state index >= 15 is 0 Å². The van der Waals surface area contributed by atoms with E-state index in [1.807, 2.05) is 22.4 Å². The maximum atomic E-state index is 12.6. The molecule has 0 aromatic carbocycles. The number of carbonyl (C=O) groups is 1. The second kappa shape index (κ2) is 6.52. The summed E-state index contributed by atoms with van der Waals surface area (Å²) in [5, 5.41) is 6.05. The fraction of sp³-hybridized carbons (Fsp3) is 0.562. The normalized spacial score (nSPS) is 21.7. The van der Waals surface area contributed by atoms with Crippen molar-refractivity contribution < 1.29 is 9.21 Å². The number of hydrogen-bond donors (Lipinski definition) is 0. The molecule has 128 valence electrons. The van der Waals surface area contributed by atoms with Crippen LogP contribution in [0.25, 0.3) is 10.8 Å². The van der Waals surface area contributed by atoms with Crippen LogP contribution in [0.2, 0.25) is 0 Å². The van der Waals surface area contributed by atoms with E-state index in [1.165, 1.54) is 24.2 Å². The second-order valence-corrected chi connectivity index (χ2v) is 7.28. The third kappa shape index (κ3) is 3.03. The van der Waals surface area contributed by atoms with Crippen LogP contribution in [-0.2, 0) is 11.3 Å². The van der Waals surface area contributed by atoms with Gasteiger partial charge in [-0.1, -0.05) is 12.5 Å². The predicted molar refractivity (Wildman–Crippen MR) is 89.9 cm³/mol. The Kier molecular flexibility index (Phi) is 4.24. The van der Waals surface area contributed by atoms with Crippen molar-refractivity contribution in [2.45, 2.75) is 31.8 Å². The van der Waals surface area contributed by atoms with E-state index in [-0.39, 0.29) is 18.3 Å². The van der Waals surface area contributed by atoms with E-state index in [2.05, 4.69) is 10.00 Å². The van der Waals surface area contributed by atoms with E-state index in [1.54, 1.807) is 0 Å². The smallest absolute Gasteiger partial charge is 0.387 e. The minimum absolute atomic E-state index is 0.0551. The van der Waals surface area contributed by atoms with Gasteiger partial charge in [0.05, 0.1) is 4.88 Å². The summed E-state index contributed by atoms with van der Waals surface area (Å²) in [4.78, 5) is 29.6. The molecule has 8 heteroatoms. The Labute approximate surface area is 143 Å². The van der Waals surface area contributed by atoms with E-state index in [0.717, 1.165) is 42.2 Å². The van der Waals surface area contributed by atoms with Crippen LogP contribution in [0.1, 0.15) is 19.3 Å². The van der Waals surface area contributed by atoms with Gasteiger partial charge in [0, 0.05) is 25.7 Å². The van der Waals surface area contributed by atoms with Gasteiger partial charge in [-0.3, -0.25) is 9.69 Å². The van der Waals surface area contributed by atoms with Crippen LogP contribution in [-0.4, -0.2) is 57.7 Å². The molecule has 24 heavy (non-hydrogen) atoms. The highest BCUT2D eigenvalue weighted by Crippen LogP contribution is 2.22. The van der Waals surface area contributed by atoms with Crippen molar-refractivity contribution in [3.05, 3.63) is 28.1 Å². The lowest BCUT2D eigenvalue weighted by molar-refractivity contribution is -0.135. The second-order valence-electron chi connectivity index (χ2n) is 6.33. The minimum atomic E-state index is -0.581. The topological polar surface area (TPSA) is 71.6 Å². The third-order valence-corrected chi connectivity index (χ3v) is 5.67. The summed E-state index contributed by atoms with van der Waals surface area (Å²) in [6.45, 7) is 3.48. The third-order valence-electron chi connectivity index (χ3n) is 4.81. The number of carbonyl (C=O) groups excluding carboxylic acids is 1. The molecule has 2 aromatic heterocycles. The Morgan fingerprint density at radius 1 is 1.33 bits per heavy atom. The van der Waals surface area contributed by atoms with Gasteiger partial charge in [-0.15, -0.1) is 16.4 Å². The Bertz CT molecular complexity index is 767. The summed E-state index contributed by atoms with van der Waals surface area (Å²) in [7, 11) is 0. The maximum absolute atomic E-state index is 12.6. The molecule has 0 N–H and O–H groups in total. The van der Waals surface area contributed by atoms with Crippen LogP contribution in [0.5, 0.6) is 0 Å². The molecular formula is C16H20N4O3S. The van der Waals surface area contributed by atoms with Gasteiger partial charge < -0.3 is 9.32 Å². The standard InChI is InChI=1S/C16H20N4O3S/c21-14(19-8-7-18-6-2-1-4-12(18)10-19)11-20-16(22)23-15(17-20)13-5-3-9-24-13/h3,5,9,12H,1-2,4,6-8,10-11H2. The summed E-state index contributed by atoms with van der Waals surface area (Å²) in [5.74, 6) is -0.365. The van der Waals surface area contributed by atoms with Crippen LogP contribution in [0.4, 0.5) is 0 Å². The van der Waals surface area contributed by atoms with Crippen molar-refractivity contribution in [1.29, 1.82) is 0 Å². The Hall–Kier alpha value is -1.93. The number of piperidine rings is 1. The summed E-state index contributed by atoms with van der Waals surface area (Å²) in [5.41, 5.74) is 0. The van der Waals surface area contributed by atoms with Gasteiger partial charge in [0.25, 0.3) is 5.89 Å². The highest BCUT2D eigenvalue weighted by Gasteiger charge is 2.31. The summed E-state index contributed by atoms with van der Waals surface area (Å²) in [6, 6.07) is 4.17. The zero-order chi connectivity index (χ0) is 16.5. The molecule has 1 atom stereocenters. The molecule has 4 heterocycles. The Morgan fingerprint density at radius 3 is 3.08 bits per heavy atom. The molecule has 2 aliphatic heterocycles. The summed E-state index contributed by atoms with van der Waals surface area (Å²) in [6.07, 6.45) is 3.64. The largest absolute Gasteiger partial charge is 0.437 e. The van der Waals surface area contributed by atoms with Crippen molar-refractivity contribution in [3.8, 4) is 10.8 Å². The van der Waals surface area contributed by atoms with Crippen LogP contribution < -0.4 is 5.76 Å². The van der Waals surface area contributed by atoms with Crippen LogP contribution >= 0.6 is 11.3 Å². The van der Waals surface area contributed by atoms with E-state index in [0.29, 0.717) is 6.04 Å². The summed E-state index contributed by atoms with van der Waals surface area (Å²) >= 11 is 1.45. The first-order valence-corrected chi connectivity index (χ1v) is 9.22. The molecule has 0 bridgehead atoms. The highest BCUT2D eigenvalue weighted by atomic mass is 32.1. The van der Waals surface area contributed by atoms with Crippen molar-refractivity contribution in [1.82, 2.24) is 19.6 Å². The molecular weight excluding hydrogens is 328 g/mol. The Balaban J connectivity index is 1.44. The van der Waals surface area contributed by atoms with Gasteiger partial charge in [0.2, 0.25) is 5.91 Å². The fourth-order valence-electron chi connectivity index (χ4n) is 3.52. The number of hydrogen-bond acceptors (Lipinski definition) is 6. The molecule has 0 saturated carbocycles. The zero-order valence-corrected chi connectivity index (χ0v) is 14.2. The molecule has 2 aliphatic rings. The van der Waals surface area contributed by atoms with E-state index in [4.69, 9.17) is 4.42 Å². The van der Waals surface area contributed by atoms with Gasteiger partial charge in [-0.2, -0.15) is 4.68 Å². The molecule has 1 amide bonds. The van der Waals surface area contributed by atoms with E-state index in [9.17, 15) is 9.59 Å². The lowest BCUT2D eigenvalue weighted by Gasteiger charge is -2.44. The Morgan fingerprint density at radius 2 is 2.25 bits per heavy atom. The van der Waals surface area contributed by atoms with Gasteiger partial charge >= 0.3 is 5.76 Å². The van der Waals surface area contributed by atoms with Gasteiger partial charge in [-0.25, -0.2) is 4.79 Å². The molecule has 0 spiro atoms. The molecule has 0 aliphatic carbocycles. The molecule has 2 aromatic rings. The molecule has 2 saturated heterocycles. The number of nitrogens with zero attached hydrogens (tertiary/aromatic N) is 4. The predicted octanol–water partition coefficient (Wildman–Crippen LogP) is 1.26. The molecule has 1 unspecified atom stereocenters. The van der Waals surface area contributed by atoms with Gasteiger partial charge in [-0.05, 0) is 30.8 Å². The van der Waals surface area contributed by atoms with Gasteiger partial charge in [0.1, 0.15) is 6.54 Å². The lowest BCUT2D eigenvalue weighted by atomic mass is 9.99. The van der Waals surface area contributed by atoms with Crippen LogP contribution in [0, 0.1) is 0 Å². The number of piperazine rings is 1.